The Bertz CT molecular complexity index is 959. The number of primary sulfonamides is 1. The van der Waals surface area contributed by atoms with E-state index in [2.05, 4.69) is 10.6 Å². The molecule has 1 amide bonds. The standard InChI is InChI=1S/C20H23N3O3S.ClH/c21-27(25,26)17-3-1-2-15(10-17)20(24)23-16-8-6-14(7-9-16)18-11-19(18)22-12-13-4-5-13;/h1-3,6-10,13,18-19,22H,4-5,11-12H2,(H,23,24)(H2,21,25,26);1H. The number of halogens is 1. The molecule has 2 unspecified atom stereocenters. The Kier molecular flexibility index (Phi) is 6.09. The zero-order chi connectivity index (χ0) is 19.0. The van der Waals surface area contributed by atoms with Gasteiger partial charge in [-0.15, -0.1) is 12.4 Å². The van der Waals surface area contributed by atoms with Gasteiger partial charge in [-0.3, -0.25) is 4.79 Å². The number of carbonyl (C=O) groups is 1. The van der Waals surface area contributed by atoms with E-state index >= 15 is 0 Å². The maximum absolute atomic E-state index is 12.4. The van der Waals surface area contributed by atoms with Crippen LogP contribution in [0, 0.1) is 5.92 Å². The molecule has 2 aliphatic carbocycles. The van der Waals surface area contributed by atoms with E-state index < -0.39 is 10.0 Å². The summed E-state index contributed by atoms with van der Waals surface area (Å²) in [6, 6.07) is 14.1. The van der Waals surface area contributed by atoms with Crippen LogP contribution in [-0.4, -0.2) is 26.9 Å². The van der Waals surface area contributed by atoms with Gasteiger partial charge < -0.3 is 10.6 Å². The van der Waals surface area contributed by atoms with Crippen LogP contribution in [0.25, 0.3) is 0 Å². The van der Waals surface area contributed by atoms with Crippen molar-refractivity contribution in [3.8, 4) is 0 Å². The Labute approximate surface area is 171 Å². The third-order valence-electron chi connectivity index (χ3n) is 5.18. The lowest BCUT2D eigenvalue weighted by molar-refractivity contribution is 0.102. The van der Waals surface area contributed by atoms with Gasteiger partial charge >= 0.3 is 0 Å². The van der Waals surface area contributed by atoms with Crippen LogP contribution in [0.4, 0.5) is 5.69 Å². The number of benzene rings is 2. The van der Waals surface area contributed by atoms with Crippen molar-refractivity contribution >= 4 is 34.0 Å². The van der Waals surface area contributed by atoms with Gasteiger partial charge in [0.15, 0.2) is 0 Å². The molecular formula is C20H24ClN3O3S. The van der Waals surface area contributed by atoms with Gasteiger partial charge in [0, 0.05) is 23.2 Å². The molecule has 28 heavy (non-hydrogen) atoms. The van der Waals surface area contributed by atoms with Gasteiger partial charge in [0.2, 0.25) is 10.0 Å². The maximum Gasteiger partial charge on any atom is 0.255 e. The van der Waals surface area contributed by atoms with E-state index in [4.69, 9.17) is 5.14 Å². The molecule has 6 nitrogen and oxygen atoms in total. The number of carbonyl (C=O) groups excluding carboxylic acids is 1. The van der Waals surface area contributed by atoms with Crippen molar-refractivity contribution in [1.29, 1.82) is 0 Å². The Balaban J connectivity index is 0.00000225. The number of anilines is 1. The summed E-state index contributed by atoms with van der Waals surface area (Å²) in [5, 5.41) is 11.5. The summed E-state index contributed by atoms with van der Waals surface area (Å²) in [7, 11) is -3.84. The average Bonchev–Trinajstić information content (AvgIpc) is 3.54. The molecule has 0 spiro atoms. The topological polar surface area (TPSA) is 101 Å². The number of nitrogens with two attached hydrogens (primary N) is 1. The van der Waals surface area contributed by atoms with Crippen molar-refractivity contribution in [2.75, 3.05) is 11.9 Å². The first kappa shape index (κ1) is 20.8. The van der Waals surface area contributed by atoms with Gasteiger partial charge in [-0.05, 0) is 67.6 Å². The van der Waals surface area contributed by atoms with Crippen molar-refractivity contribution < 1.29 is 13.2 Å². The number of hydrogen-bond donors (Lipinski definition) is 3. The van der Waals surface area contributed by atoms with E-state index in [9.17, 15) is 13.2 Å². The summed E-state index contributed by atoms with van der Waals surface area (Å²) in [5.74, 6) is 1.07. The fourth-order valence-electron chi connectivity index (χ4n) is 3.26. The van der Waals surface area contributed by atoms with Crippen LogP contribution in [0.1, 0.15) is 41.1 Å². The Morgan fingerprint density at radius 2 is 1.82 bits per heavy atom. The molecule has 0 saturated heterocycles. The molecule has 0 bridgehead atoms. The molecule has 2 fully saturated rings. The Morgan fingerprint density at radius 3 is 2.46 bits per heavy atom. The highest BCUT2D eigenvalue weighted by atomic mass is 35.5. The van der Waals surface area contributed by atoms with E-state index in [-0.39, 0.29) is 28.8 Å². The minimum Gasteiger partial charge on any atom is -0.322 e. The monoisotopic (exact) mass is 421 g/mol. The van der Waals surface area contributed by atoms with Gasteiger partial charge in [-0.25, -0.2) is 13.6 Å². The second-order valence-electron chi connectivity index (χ2n) is 7.45. The first-order valence-corrected chi connectivity index (χ1v) is 10.7. The van der Waals surface area contributed by atoms with Crippen molar-refractivity contribution in [2.24, 2.45) is 11.1 Å². The quantitative estimate of drug-likeness (QED) is 0.639. The highest BCUT2D eigenvalue weighted by Gasteiger charge is 2.38. The maximum atomic E-state index is 12.4. The van der Waals surface area contributed by atoms with E-state index in [0.717, 1.165) is 12.5 Å². The molecule has 2 atom stereocenters. The number of nitrogens with one attached hydrogen (secondary N) is 2. The van der Waals surface area contributed by atoms with E-state index in [1.54, 1.807) is 6.07 Å². The molecule has 0 radical (unpaired) electrons. The highest BCUT2D eigenvalue weighted by Crippen LogP contribution is 2.41. The predicted molar refractivity (Wildman–Crippen MR) is 111 cm³/mol. The van der Waals surface area contributed by atoms with Crippen molar-refractivity contribution in [3.63, 3.8) is 0 Å². The van der Waals surface area contributed by atoms with Gasteiger partial charge in [0.05, 0.1) is 4.90 Å². The molecule has 2 aromatic rings. The molecule has 4 rings (SSSR count). The Hall–Kier alpha value is -1.93. The third kappa shape index (κ3) is 5.11. The molecular weight excluding hydrogens is 398 g/mol. The molecule has 8 heteroatoms. The van der Waals surface area contributed by atoms with Crippen LogP contribution in [0.5, 0.6) is 0 Å². The summed E-state index contributed by atoms with van der Waals surface area (Å²) in [4.78, 5) is 12.3. The summed E-state index contributed by atoms with van der Waals surface area (Å²) in [6.45, 7) is 1.13. The fourth-order valence-corrected chi connectivity index (χ4v) is 3.82. The van der Waals surface area contributed by atoms with Crippen LogP contribution in [0.2, 0.25) is 0 Å². The van der Waals surface area contributed by atoms with Gasteiger partial charge in [0.1, 0.15) is 0 Å². The zero-order valence-corrected chi connectivity index (χ0v) is 16.9. The fraction of sp³-hybridized carbons (Fsp3) is 0.350. The molecule has 150 valence electrons. The first-order valence-electron chi connectivity index (χ1n) is 9.18. The Morgan fingerprint density at radius 1 is 1.11 bits per heavy atom. The van der Waals surface area contributed by atoms with Crippen molar-refractivity contribution in [1.82, 2.24) is 5.32 Å². The van der Waals surface area contributed by atoms with E-state index in [0.29, 0.717) is 17.6 Å². The number of sulfonamides is 1. The van der Waals surface area contributed by atoms with Crippen LogP contribution >= 0.6 is 12.4 Å². The highest BCUT2D eigenvalue weighted by molar-refractivity contribution is 7.89. The predicted octanol–water partition coefficient (Wildman–Crippen LogP) is 2.86. The normalized spacial score (nSPS) is 20.9. The minimum absolute atomic E-state index is 0. The van der Waals surface area contributed by atoms with Gasteiger partial charge in [-0.2, -0.15) is 0 Å². The summed E-state index contributed by atoms with van der Waals surface area (Å²) in [5.41, 5.74) is 2.20. The number of amides is 1. The molecule has 2 aliphatic rings. The van der Waals surface area contributed by atoms with E-state index in [1.807, 2.05) is 24.3 Å². The first-order chi connectivity index (χ1) is 12.9. The largest absolute Gasteiger partial charge is 0.322 e. The second-order valence-corrected chi connectivity index (χ2v) is 9.01. The lowest BCUT2D eigenvalue weighted by Gasteiger charge is -2.08. The molecule has 0 aromatic heterocycles. The lowest BCUT2D eigenvalue weighted by atomic mass is 10.1. The van der Waals surface area contributed by atoms with Crippen LogP contribution in [0.15, 0.2) is 53.4 Å². The zero-order valence-electron chi connectivity index (χ0n) is 15.3. The molecule has 4 N–H and O–H groups in total. The third-order valence-corrected chi connectivity index (χ3v) is 6.09. The summed E-state index contributed by atoms with van der Waals surface area (Å²) in [6.07, 6.45) is 3.89. The van der Waals surface area contributed by atoms with Crippen LogP contribution < -0.4 is 15.8 Å². The molecule has 2 aromatic carbocycles. The van der Waals surface area contributed by atoms with Gasteiger partial charge in [0.25, 0.3) is 5.91 Å². The van der Waals surface area contributed by atoms with Crippen molar-refractivity contribution in [2.45, 2.75) is 36.1 Å². The SMILES string of the molecule is Cl.NS(=O)(=O)c1cccc(C(=O)Nc2ccc(C3CC3NCC3CC3)cc2)c1. The average molecular weight is 422 g/mol. The van der Waals surface area contributed by atoms with Crippen LogP contribution in [0.3, 0.4) is 0 Å². The van der Waals surface area contributed by atoms with Gasteiger partial charge in [-0.1, -0.05) is 18.2 Å². The smallest absolute Gasteiger partial charge is 0.255 e. The summed E-state index contributed by atoms with van der Waals surface area (Å²) >= 11 is 0. The molecule has 0 heterocycles. The molecule has 0 aliphatic heterocycles. The van der Waals surface area contributed by atoms with E-state index in [1.165, 1.54) is 43.0 Å². The lowest BCUT2D eigenvalue weighted by Crippen LogP contribution is -2.20. The molecule has 2 saturated carbocycles. The minimum atomic E-state index is -3.84. The second kappa shape index (κ2) is 8.21. The van der Waals surface area contributed by atoms with Crippen LogP contribution in [-0.2, 0) is 10.0 Å². The number of hydrogen-bond acceptors (Lipinski definition) is 4. The summed E-state index contributed by atoms with van der Waals surface area (Å²) < 4.78 is 22.9. The van der Waals surface area contributed by atoms with Crippen molar-refractivity contribution in [3.05, 3.63) is 59.7 Å². The number of rotatable bonds is 7.